The summed E-state index contributed by atoms with van der Waals surface area (Å²) in [4.78, 5) is 0. The summed E-state index contributed by atoms with van der Waals surface area (Å²) in [6.07, 6.45) is 2.20. The molecular formula is C15H22ClNO. The molecule has 1 fully saturated rings. The molecule has 1 saturated carbocycles. The van der Waals surface area contributed by atoms with Gasteiger partial charge in [-0.2, -0.15) is 0 Å². The van der Waals surface area contributed by atoms with Gasteiger partial charge in [0.1, 0.15) is 5.60 Å². The van der Waals surface area contributed by atoms with Crippen molar-refractivity contribution in [3.63, 3.8) is 0 Å². The van der Waals surface area contributed by atoms with Crippen molar-refractivity contribution in [3.8, 4) is 0 Å². The molecule has 1 unspecified atom stereocenters. The van der Waals surface area contributed by atoms with Crippen molar-refractivity contribution in [2.24, 2.45) is 5.92 Å². The Morgan fingerprint density at radius 1 is 1.22 bits per heavy atom. The van der Waals surface area contributed by atoms with Crippen molar-refractivity contribution in [2.45, 2.75) is 44.8 Å². The molecule has 2 rings (SSSR count). The Bertz CT molecular complexity index is 405. The van der Waals surface area contributed by atoms with Gasteiger partial charge in [0, 0.05) is 17.1 Å². The fourth-order valence-corrected chi connectivity index (χ4v) is 2.31. The van der Waals surface area contributed by atoms with Crippen LogP contribution in [-0.4, -0.2) is 17.2 Å². The van der Waals surface area contributed by atoms with Crippen molar-refractivity contribution in [3.05, 3.63) is 34.9 Å². The smallest absolute Gasteiger partial charge is 0.105 e. The zero-order valence-corrected chi connectivity index (χ0v) is 12.1. The van der Waals surface area contributed by atoms with Crippen LogP contribution < -0.4 is 5.32 Å². The van der Waals surface area contributed by atoms with E-state index in [0.29, 0.717) is 17.5 Å². The van der Waals surface area contributed by atoms with Gasteiger partial charge in [-0.3, -0.25) is 0 Å². The molecule has 0 aromatic heterocycles. The molecule has 0 bridgehead atoms. The minimum absolute atomic E-state index is 0.00922. The van der Waals surface area contributed by atoms with Crippen LogP contribution in [0.15, 0.2) is 24.3 Å². The van der Waals surface area contributed by atoms with Crippen LogP contribution in [0.2, 0.25) is 5.02 Å². The Kier molecular flexibility index (Phi) is 3.72. The van der Waals surface area contributed by atoms with Gasteiger partial charge in [-0.05, 0) is 57.2 Å². The molecule has 3 heteroatoms. The van der Waals surface area contributed by atoms with Gasteiger partial charge in [0.15, 0.2) is 0 Å². The van der Waals surface area contributed by atoms with Gasteiger partial charge in [-0.25, -0.2) is 0 Å². The summed E-state index contributed by atoms with van der Waals surface area (Å²) in [5.41, 5.74) is 0.207. The largest absolute Gasteiger partial charge is 0.384 e. The maximum absolute atomic E-state index is 11.0. The fraction of sp³-hybridized carbons (Fsp3) is 0.600. The van der Waals surface area contributed by atoms with Crippen molar-refractivity contribution < 1.29 is 5.11 Å². The van der Waals surface area contributed by atoms with Gasteiger partial charge >= 0.3 is 0 Å². The first-order valence-electron chi connectivity index (χ1n) is 6.55. The molecule has 1 aliphatic rings. The molecule has 0 amide bonds. The number of hydrogen-bond donors (Lipinski definition) is 2. The van der Waals surface area contributed by atoms with Gasteiger partial charge in [-0.1, -0.05) is 23.7 Å². The Hall–Kier alpha value is -0.570. The van der Waals surface area contributed by atoms with E-state index in [9.17, 15) is 5.11 Å². The first kappa shape index (κ1) is 13.9. The highest BCUT2D eigenvalue weighted by molar-refractivity contribution is 6.30. The SMILES string of the molecule is CC(C)(C)NCC(O)(c1ccc(Cl)cc1)C1CC1. The molecule has 0 spiro atoms. The van der Waals surface area contributed by atoms with Gasteiger partial charge in [0.05, 0.1) is 0 Å². The van der Waals surface area contributed by atoms with Crippen molar-refractivity contribution >= 4 is 11.6 Å². The maximum atomic E-state index is 11.0. The zero-order chi connectivity index (χ0) is 13.4. The second-order valence-corrected chi connectivity index (χ2v) is 6.75. The van der Waals surface area contributed by atoms with E-state index < -0.39 is 5.60 Å². The average molecular weight is 268 g/mol. The van der Waals surface area contributed by atoms with E-state index in [2.05, 4.69) is 26.1 Å². The van der Waals surface area contributed by atoms with E-state index in [4.69, 9.17) is 11.6 Å². The summed E-state index contributed by atoms with van der Waals surface area (Å²) in [5, 5.41) is 15.1. The van der Waals surface area contributed by atoms with Crippen molar-refractivity contribution in [1.29, 1.82) is 0 Å². The Labute approximate surface area is 114 Å². The number of nitrogens with one attached hydrogen (secondary N) is 1. The van der Waals surface area contributed by atoms with E-state index in [-0.39, 0.29) is 5.54 Å². The first-order valence-corrected chi connectivity index (χ1v) is 6.92. The van der Waals surface area contributed by atoms with E-state index in [0.717, 1.165) is 18.4 Å². The van der Waals surface area contributed by atoms with Crippen LogP contribution in [0.3, 0.4) is 0 Å². The molecule has 2 nitrogen and oxygen atoms in total. The van der Waals surface area contributed by atoms with Crippen LogP contribution in [0.25, 0.3) is 0 Å². The van der Waals surface area contributed by atoms with Gasteiger partial charge in [-0.15, -0.1) is 0 Å². The number of hydrogen-bond acceptors (Lipinski definition) is 2. The van der Waals surface area contributed by atoms with Crippen LogP contribution in [0.5, 0.6) is 0 Å². The maximum Gasteiger partial charge on any atom is 0.105 e. The number of rotatable bonds is 4. The highest BCUT2D eigenvalue weighted by atomic mass is 35.5. The van der Waals surface area contributed by atoms with Crippen LogP contribution >= 0.6 is 11.6 Å². The second kappa shape index (κ2) is 4.84. The molecular weight excluding hydrogens is 246 g/mol. The Balaban J connectivity index is 2.18. The number of β-amino-alcohol motifs (C(OH)–C–C–N with tert-alkyl or cyclic N) is 1. The van der Waals surface area contributed by atoms with Crippen LogP contribution in [0, 0.1) is 5.92 Å². The predicted molar refractivity (Wildman–Crippen MR) is 75.8 cm³/mol. The van der Waals surface area contributed by atoms with Crippen molar-refractivity contribution in [1.82, 2.24) is 5.32 Å². The molecule has 0 heterocycles. The zero-order valence-electron chi connectivity index (χ0n) is 11.3. The van der Waals surface area contributed by atoms with Gasteiger partial charge in [0.25, 0.3) is 0 Å². The predicted octanol–water partition coefficient (Wildman–Crippen LogP) is 3.33. The molecule has 18 heavy (non-hydrogen) atoms. The van der Waals surface area contributed by atoms with Crippen molar-refractivity contribution in [2.75, 3.05) is 6.54 Å². The summed E-state index contributed by atoms with van der Waals surface area (Å²) >= 11 is 5.91. The van der Waals surface area contributed by atoms with E-state index in [1.54, 1.807) is 0 Å². The van der Waals surface area contributed by atoms with Gasteiger partial charge < -0.3 is 10.4 Å². The average Bonchev–Trinajstić information content (AvgIpc) is 3.10. The van der Waals surface area contributed by atoms with Crippen LogP contribution in [0.4, 0.5) is 0 Å². The summed E-state index contributed by atoms with van der Waals surface area (Å²) in [5.74, 6) is 0.369. The number of aliphatic hydroxyl groups is 1. The quantitative estimate of drug-likeness (QED) is 0.877. The van der Waals surface area contributed by atoms with E-state index in [1.165, 1.54) is 0 Å². The summed E-state index contributed by atoms with van der Waals surface area (Å²) in [6, 6.07) is 7.57. The first-order chi connectivity index (χ1) is 8.31. The third-order valence-corrected chi connectivity index (χ3v) is 3.74. The summed E-state index contributed by atoms with van der Waals surface area (Å²) < 4.78 is 0. The highest BCUT2D eigenvalue weighted by Crippen LogP contribution is 2.45. The molecule has 100 valence electrons. The topological polar surface area (TPSA) is 32.3 Å². The molecule has 1 aromatic rings. The lowest BCUT2D eigenvalue weighted by atomic mass is 9.88. The minimum atomic E-state index is -0.766. The Morgan fingerprint density at radius 2 is 1.78 bits per heavy atom. The molecule has 1 aliphatic carbocycles. The van der Waals surface area contributed by atoms with E-state index in [1.807, 2.05) is 24.3 Å². The third-order valence-electron chi connectivity index (χ3n) is 3.49. The van der Waals surface area contributed by atoms with Gasteiger partial charge in [0.2, 0.25) is 0 Å². The second-order valence-electron chi connectivity index (χ2n) is 6.31. The monoisotopic (exact) mass is 267 g/mol. The van der Waals surface area contributed by atoms with Crippen LogP contribution in [0.1, 0.15) is 39.2 Å². The lowest BCUT2D eigenvalue weighted by Gasteiger charge is -2.33. The molecule has 0 radical (unpaired) electrons. The van der Waals surface area contributed by atoms with Crippen LogP contribution in [-0.2, 0) is 5.60 Å². The molecule has 2 N–H and O–H groups in total. The number of benzene rings is 1. The molecule has 1 atom stereocenters. The molecule has 1 aromatic carbocycles. The fourth-order valence-electron chi connectivity index (χ4n) is 2.18. The molecule has 0 saturated heterocycles. The Morgan fingerprint density at radius 3 is 2.22 bits per heavy atom. The lowest BCUT2D eigenvalue weighted by molar-refractivity contribution is 0.00800. The number of halogens is 1. The van der Waals surface area contributed by atoms with E-state index >= 15 is 0 Å². The molecule has 0 aliphatic heterocycles. The standard InChI is InChI=1S/C15H22ClNO/c1-14(2,3)17-10-15(18,11-4-5-11)12-6-8-13(16)9-7-12/h6-9,11,17-18H,4-5,10H2,1-3H3. The summed E-state index contributed by atoms with van der Waals surface area (Å²) in [6.45, 7) is 6.93. The normalized spacial score (nSPS) is 19.6. The summed E-state index contributed by atoms with van der Waals surface area (Å²) in [7, 11) is 0. The minimum Gasteiger partial charge on any atom is -0.384 e. The highest BCUT2D eigenvalue weighted by Gasteiger charge is 2.45. The third kappa shape index (κ3) is 3.25. The lowest BCUT2D eigenvalue weighted by Crippen LogP contribution is -2.47.